The van der Waals surface area contributed by atoms with Crippen LogP contribution in [0.4, 0.5) is 0 Å². The smallest absolute Gasteiger partial charge is 0.223 e. The summed E-state index contributed by atoms with van der Waals surface area (Å²) in [6.07, 6.45) is 0.513. The monoisotopic (exact) mass is 279 g/mol. The maximum Gasteiger partial charge on any atom is 0.223 e. The molecule has 4 nitrogen and oxygen atoms in total. The molecule has 112 valence electrons. The number of hydrogen-bond donors (Lipinski definition) is 2. The van der Waals surface area contributed by atoms with Gasteiger partial charge in [0.2, 0.25) is 5.91 Å². The highest BCUT2D eigenvalue weighted by Crippen LogP contribution is 2.11. The van der Waals surface area contributed by atoms with Crippen LogP contribution in [0.3, 0.4) is 0 Å². The molecule has 0 radical (unpaired) electrons. The summed E-state index contributed by atoms with van der Waals surface area (Å²) in [5.41, 5.74) is 1.18. The Kier molecular flexibility index (Phi) is 7.09. The van der Waals surface area contributed by atoms with Gasteiger partial charge in [0.25, 0.3) is 0 Å². The zero-order chi connectivity index (χ0) is 15.0. The first-order valence-electron chi connectivity index (χ1n) is 7.11. The fourth-order valence-electron chi connectivity index (χ4n) is 1.84. The quantitative estimate of drug-likeness (QED) is 0.767. The van der Waals surface area contributed by atoms with Gasteiger partial charge in [-0.15, -0.1) is 0 Å². The number of ether oxygens (including phenoxy) is 1. The van der Waals surface area contributed by atoms with Crippen molar-refractivity contribution < 1.29 is 14.6 Å². The van der Waals surface area contributed by atoms with Crippen LogP contribution in [0.1, 0.15) is 32.3 Å². The summed E-state index contributed by atoms with van der Waals surface area (Å²) in [6.45, 7) is 6.75. The van der Waals surface area contributed by atoms with E-state index in [0.717, 1.165) is 5.75 Å². The summed E-state index contributed by atoms with van der Waals surface area (Å²) in [5, 5.41) is 12.4. The Labute approximate surface area is 121 Å². The molecule has 1 amide bonds. The summed E-state index contributed by atoms with van der Waals surface area (Å²) in [5.74, 6) is 1.09. The lowest BCUT2D eigenvalue weighted by molar-refractivity contribution is -0.122. The number of benzene rings is 1. The van der Waals surface area contributed by atoms with Crippen LogP contribution in [0.5, 0.6) is 5.75 Å². The van der Waals surface area contributed by atoms with Crippen LogP contribution in [0, 0.1) is 12.8 Å². The first-order valence-corrected chi connectivity index (χ1v) is 7.11. The second-order valence-corrected chi connectivity index (χ2v) is 5.50. The second kappa shape index (κ2) is 8.59. The van der Waals surface area contributed by atoms with E-state index in [1.807, 2.05) is 45.0 Å². The lowest BCUT2D eigenvalue weighted by Crippen LogP contribution is -2.33. The zero-order valence-corrected chi connectivity index (χ0v) is 12.6. The highest BCUT2D eigenvalue weighted by atomic mass is 16.5. The molecule has 0 spiro atoms. The number of aliphatic hydroxyl groups excluding tert-OH is 1. The Morgan fingerprint density at radius 3 is 2.55 bits per heavy atom. The molecule has 0 heterocycles. The van der Waals surface area contributed by atoms with E-state index >= 15 is 0 Å². The average Bonchev–Trinajstić information content (AvgIpc) is 2.38. The van der Waals surface area contributed by atoms with Crippen LogP contribution in [-0.4, -0.2) is 30.3 Å². The van der Waals surface area contributed by atoms with Gasteiger partial charge >= 0.3 is 0 Å². The van der Waals surface area contributed by atoms with E-state index in [9.17, 15) is 9.90 Å². The van der Waals surface area contributed by atoms with Gasteiger partial charge in [-0.05, 0) is 31.4 Å². The fourth-order valence-corrected chi connectivity index (χ4v) is 1.84. The van der Waals surface area contributed by atoms with Crippen molar-refractivity contribution in [1.29, 1.82) is 0 Å². The molecule has 0 aromatic heterocycles. The topological polar surface area (TPSA) is 58.6 Å². The van der Waals surface area contributed by atoms with Crippen LogP contribution in [0.15, 0.2) is 24.3 Å². The minimum atomic E-state index is -0.475. The summed E-state index contributed by atoms with van der Waals surface area (Å²) in [6, 6.07) is 7.72. The second-order valence-electron chi connectivity index (χ2n) is 5.50. The third kappa shape index (κ3) is 7.14. The number of hydrogen-bond acceptors (Lipinski definition) is 3. The van der Waals surface area contributed by atoms with Crippen molar-refractivity contribution in [3.05, 3.63) is 29.8 Å². The van der Waals surface area contributed by atoms with E-state index in [0.29, 0.717) is 31.9 Å². The van der Waals surface area contributed by atoms with E-state index in [1.165, 1.54) is 5.56 Å². The van der Waals surface area contributed by atoms with Crippen molar-refractivity contribution in [2.75, 3.05) is 13.2 Å². The predicted molar refractivity (Wildman–Crippen MR) is 79.8 cm³/mol. The molecule has 0 saturated heterocycles. The van der Waals surface area contributed by atoms with Crippen molar-refractivity contribution in [3.8, 4) is 5.75 Å². The molecule has 4 heteroatoms. The van der Waals surface area contributed by atoms with Crippen molar-refractivity contribution in [2.45, 2.75) is 39.7 Å². The van der Waals surface area contributed by atoms with E-state index in [2.05, 4.69) is 5.32 Å². The number of aliphatic hydroxyl groups is 1. The molecule has 0 fully saturated rings. The lowest BCUT2D eigenvalue weighted by Gasteiger charge is -2.14. The molecule has 0 saturated carbocycles. The standard InChI is InChI=1S/C16H25NO3/c1-12(2)10-14(18)11-17-16(19)8-9-20-15-6-4-13(3)5-7-15/h4-7,12,14,18H,8-11H2,1-3H3,(H,17,19). The molecular formula is C16H25NO3. The third-order valence-electron chi connectivity index (χ3n) is 2.90. The van der Waals surface area contributed by atoms with E-state index < -0.39 is 6.10 Å². The number of nitrogens with one attached hydrogen (secondary N) is 1. The van der Waals surface area contributed by atoms with Gasteiger partial charge in [-0.1, -0.05) is 31.5 Å². The highest BCUT2D eigenvalue weighted by molar-refractivity contribution is 5.76. The van der Waals surface area contributed by atoms with Crippen LogP contribution in [0.2, 0.25) is 0 Å². The molecular weight excluding hydrogens is 254 g/mol. The Morgan fingerprint density at radius 2 is 1.95 bits per heavy atom. The zero-order valence-electron chi connectivity index (χ0n) is 12.6. The summed E-state index contributed by atoms with van der Waals surface area (Å²) >= 11 is 0. The maximum absolute atomic E-state index is 11.6. The number of carbonyl (C=O) groups is 1. The SMILES string of the molecule is Cc1ccc(OCCC(=O)NCC(O)CC(C)C)cc1. The fraction of sp³-hybridized carbons (Fsp3) is 0.562. The normalized spacial score (nSPS) is 12.2. The summed E-state index contributed by atoms with van der Waals surface area (Å²) < 4.78 is 5.48. The largest absolute Gasteiger partial charge is 0.493 e. The maximum atomic E-state index is 11.6. The van der Waals surface area contributed by atoms with Gasteiger partial charge in [0.1, 0.15) is 5.75 Å². The molecule has 1 rings (SSSR count). The molecule has 1 unspecified atom stereocenters. The van der Waals surface area contributed by atoms with Crippen molar-refractivity contribution in [2.24, 2.45) is 5.92 Å². The number of amides is 1. The van der Waals surface area contributed by atoms with Gasteiger partial charge < -0.3 is 15.2 Å². The molecule has 0 aliphatic rings. The third-order valence-corrected chi connectivity index (χ3v) is 2.90. The highest BCUT2D eigenvalue weighted by Gasteiger charge is 2.09. The van der Waals surface area contributed by atoms with Crippen molar-refractivity contribution >= 4 is 5.91 Å². The van der Waals surface area contributed by atoms with E-state index in [-0.39, 0.29) is 5.91 Å². The minimum absolute atomic E-state index is 0.0973. The predicted octanol–water partition coefficient (Wildman–Crippen LogP) is 2.29. The Bertz CT molecular complexity index is 401. The molecule has 0 aliphatic heterocycles. The van der Waals surface area contributed by atoms with Crippen LogP contribution in [-0.2, 0) is 4.79 Å². The van der Waals surface area contributed by atoms with Crippen molar-refractivity contribution in [3.63, 3.8) is 0 Å². The summed E-state index contributed by atoms with van der Waals surface area (Å²) in [4.78, 5) is 11.6. The van der Waals surface area contributed by atoms with Crippen molar-refractivity contribution in [1.82, 2.24) is 5.32 Å². The minimum Gasteiger partial charge on any atom is -0.493 e. The molecule has 0 aliphatic carbocycles. The van der Waals surface area contributed by atoms with Gasteiger partial charge in [0.15, 0.2) is 0 Å². The number of carbonyl (C=O) groups excluding carboxylic acids is 1. The molecule has 1 aromatic rings. The van der Waals surface area contributed by atoms with Gasteiger partial charge in [-0.2, -0.15) is 0 Å². The van der Waals surface area contributed by atoms with Gasteiger partial charge in [-0.3, -0.25) is 4.79 Å². The number of rotatable bonds is 8. The molecule has 1 atom stereocenters. The lowest BCUT2D eigenvalue weighted by atomic mass is 10.1. The van der Waals surface area contributed by atoms with Gasteiger partial charge in [0, 0.05) is 6.54 Å². The molecule has 20 heavy (non-hydrogen) atoms. The van der Waals surface area contributed by atoms with E-state index in [1.54, 1.807) is 0 Å². The van der Waals surface area contributed by atoms with Gasteiger partial charge in [0.05, 0.1) is 19.1 Å². The van der Waals surface area contributed by atoms with Crippen LogP contribution < -0.4 is 10.1 Å². The molecule has 0 bridgehead atoms. The Morgan fingerprint density at radius 1 is 1.30 bits per heavy atom. The molecule has 2 N–H and O–H groups in total. The summed E-state index contributed by atoms with van der Waals surface area (Å²) in [7, 11) is 0. The average molecular weight is 279 g/mol. The van der Waals surface area contributed by atoms with E-state index in [4.69, 9.17) is 4.74 Å². The van der Waals surface area contributed by atoms with Crippen LogP contribution >= 0.6 is 0 Å². The first kappa shape index (κ1) is 16.5. The number of aryl methyl sites for hydroxylation is 1. The van der Waals surface area contributed by atoms with Gasteiger partial charge in [-0.25, -0.2) is 0 Å². The Balaban J connectivity index is 2.15. The Hall–Kier alpha value is -1.55. The first-order chi connectivity index (χ1) is 9.47. The van der Waals surface area contributed by atoms with Crippen LogP contribution in [0.25, 0.3) is 0 Å². The molecule has 1 aromatic carbocycles.